The lowest BCUT2D eigenvalue weighted by Crippen LogP contribution is -2.54. The largest absolute Gasteiger partial charge is 0.416 e. The molecule has 1 atom stereocenters. The Bertz CT molecular complexity index is 1060. The quantitative estimate of drug-likeness (QED) is 0.530. The molecule has 0 bridgehead atoms. The minimum Gasteiger partial charge on any atom is -0.363 e. The van der Waals surface area contributed by atoms with Crippen LogP contribution in [0.15, 0.2) is 47.4 Å². The Labute approximate surface area is 171 Å². The van der Waals surface area contributed by atoms with Gasteiger partial charge in [0.1, 0.15) is 5.69 Å². The van der Waals surface area contributed by atoms with Crippen molar-refractivity contribution in [2.45, 2.75) is 31.0 Å². The topological polar surface area (TPSA) is 83.8 Å². The van der Waals surface area contributed by atoms with Crippen molar-refractivity contribution in [2.75, 3.05) is 24.5 Å². The van der Waals surface area contributed by atoms with Crippen LogP contribution in [0.2, 0.25) is 0 Å². The van der Waals surface area contributed by atoms with E-state index in [1.807, 2.05) is 6.92 Å². The van der Waals surface area contributed by atoms with E-state index in [4.69, 9.17) is 0 Å². The molecule has 1 aliphatic heterocycles. The van der Waals surface area contributed by atoms with E-state index in [1.165, 1.54) is 16.4 Å². The number of rotatable bonds is 4. The van der Waals surface area contributed by atoms with Crippen molar-refractivity contribution >= 4 is 21.4 Å². The second-order valence-corrected chi connectivity index (χ2v) is 9.07. The summed E-state index contributed by atoms with van der Waals surface area (Å²) in [6.45, 7) is 3.77. The average molecular weight is 443 g/mol. The van der Waals surface area contributed by atoms with Gasteiger partial charge in [-0.15, -0.1) is 0 Å². The van der Waals surface area contributed by atoms with E-state index in [2.05, 4.69) is 0 Å². The number of hydrogen-bond acceptors (Lipinski definition) is 5. The number of hydrogen-bond donors (Lipinski definition) is 0. The van der Waals surface area contributed by atoms with Gasteiger partial charge in [-0.3, -0.25) is 10.1 Å². The SMILES string of the molecule is Cc1ccc(S(=O)(=O)N2CCN(c3ccc(C(F)(F)F)cc3[N+](=O)[O-])C[C@H]2C)cc1. The number of benzene rings is 2. The van der Waals surface area contributed by atoms with Gasteiger partial charge in [0.15, 0.2) is 0 Å². The zero-order valence-electron chi connectivity index (χ0n) is 16.3. The Balaban J connectivity index is 1.86. The molecule has 0 aromatic heterocycles. The van der Waals surface area contributed by atoms with Gasteiger partial charge in [0, 0.05) is 31.7 Å². The third-order valence-corrected chi connectivity index (χ3v) is 7.06. The van der Waals surface area contributed by atoms with Crippen LogP contribution in [-0.2, 0) is 16.2 Å². The maximum atomic E-state index is 13.0. The predicted octanol–water partition coefficient (Wildman–Crippen LogP) is 3.82. The highest BCUT2D eigenvalue weighted by molar-refractivity contribution is 7.89. The Morgan fingerprint density at radius 3 is 2.27 bits per heavy atom. The summed E-state index contributed by atoms with van der Waals surface area (Å²) in [5, 5.41) is 11.4. The van der Waals surface area contributed by atoms with E-state index in [0.29, 0.717) is 6.07 Å². The summed E-state index contributed by atoms with van der Waals surface area (Å²) < 4.78 is 66.0. The van der Waals surface area contributed by atoms with Crippen LogP contribution >= 0.6 is 0 Å². The van der Waals surface area contributed by atoms with Crippen LogP contribution in [0.3, 0.4) is 0 Å². The number of anilines is 1. The van der Waals surface area contributed by atoms with Gasteiger partial charge < -0.3 is 4.90 Å². The molecule has 0 spiro atoms. The van der Waals surface area contributed by atoms with Gasteiger partial charge >= 0.3 is 6.18 Å². The molecular weight excluding hydrogens is 423 g/mol. The van der Waals surface area contributed by atoms with Crippen molar-refractivity contribution < 1.29 is 26.5 Å². The lowest BCUT2D eigenvalue weighted by Gasteiger charge is -2.39. The van der Waals surface area contributed by atoms with Gasteiger partial charge in [0.25, 0.3) is 5.69 Å². The first-order valence-corrected chi connectivity index (χ1v) is 10.5. The second kappa shape index (κ2) is 7.88. The maximum Gasteiger partial charge on any atom is 0.416 e. The van der Waals surface area contributed by atoms with Gasteiger partial charge in [-0.2, -0.15) is 17.5 Å². The lowest BCUT2D eigenvalue weighted by molar-refractivity contribution is -0.384. The van der Waals surface area contributed by atoms with E-state index in [0.717, 1.165) is 17.7 Å². The third kappa shape index (κ3) is 4.26. The predicted molar refractivity (Wildman–Crippen MR) is 105 cm³/mol. The fourth-order valence-corrected chi connectivity index (χ4v) is 5.09. The number of aryl methyl sites for hydroxylation is 1. The molecule has 2 aromatic rings. The molecule has 11 heteroatoms. The standard InChI is InChI=1S/C19H20F3N3O4S/c1-13-3-6-16(7-4-13)30(28,29)24-10-9-23(12-14(24)2)17-8-5-15(19(20,21)22)11-18(17)25(26)27/h3-8,11,14H,9-10,12H2,1-2H3/t14-/m1/s1. The molecule has 0 aliphatic carbocycles. The van der Waals surface area contributed by atoms with E-state index < -0.39 is 38.4 Å². The third-order valence-electron chi connectivity index (χ3n) is 5.03. The van der Waals surface area contributed by atoms with E-state index >= 15 is 0 Å². The van der Waals surface area contributed by atoms with Crippen LogP contribution in [0.25, 0.3) is 0 Å². The second-order valence-electron chi connectivity index (χ2n) is 7.18. The summed E-state index contributed by atoms with van der Waals surface area (Å²) in [7, 11) is -3.76. The molecule has 1 aliphatic rings. The fraction of sp³-hybridized carbons (Fsp3) is 0.368. The highest BCUT2D eigenvalue weighted by Crippen LogP contribution is 2.37. The molecule has 1 saturated heterocycles. The number of alkyl halides is 3. The number of nitro benzene ring substituents is 1. The normalized spacial score (nSPS) is 18.4. The van der Waals surface area contributed by atoms with Crippen LogP contribution in [0, 0.1) is 17.0 Å². The first kappa shape index (κ1) is 22.0. The summed E-state index contributed by atoms with van der Waals surface area (Å²) in [5.41, 5.74) is -0.813. The van der Waals surface area contributed by atoms with Crippen molar-refractivity contribution in [1.29, 1.82) is 0 Å². The highest BCUT2D eigenvalue weighted by atomic mass is 32.2. The number of piperazine rings is 1. The summed E-state index contributed by atoms with van der Waals surface area (Å²) in [6, 6.07) is 8.26. The zero-order valence-corrected chi connectivity index (χ0v) is 17.1. The fourth-order valence-electron chi connectivity index (χ4n) is 3.48. The monoisotopic (exact) mass is 443 g/mol. The summed E-state index contributed by atoms with van der Waals surface area (Å²) >= 11 is 0. The lowest BCUT2D eigenvalue weighted by atomic mass is 10.1. The van der Waals surface area contributed by atoms with Gasteiger partial charge in [-0.25, -0.2) is 8.42 Å². The number of halogens is 3. The molecule has 7 nitrogen and oxygen atoms in total. The van der Waals surface area contributed by atoms with Crippen molar-refractivity contribution in [3.8, 4) is 0 Å². The van der Waals surface area contributed by atoms with Crippen molar-refractivity contribution in [1.82, 2.24) is 4.31 Å². The Kier molecular flexibility index (Phi) is 5.79. The van der Waals surface area contributed by atoms with Crippen LogP contribution in [0.5, 0.6) is 0 Å². The Morgan fingerprint density at radius 2 is 1.73 bits per heavy atom. The molecule has 0 radical (unpaired) electrons. The Morgan fingerprint density at radius 1 is 1.10 bits per heavy atom. The van der Waals surface area contributed by atoms with Gasteiger partial charge in [0.05, 0.1) is 15.4 Å². The van der Waals surface area contributed by atoms with Crippen LogP contribution in [0.1, 0.15) is 18.1 Å². The molecular formula is C19H20F3N3O4S. The van der Waals surface area contributed by atoms with E-state index in [-0.39, 0.29) is 30.2 Å². The van der Waals surface area contributed by atoms with Crippen molar-refractivity contribution in [2.24, 2.45) is 0 Å². The van der Waals surface area contributed by atoms with E-state index in [9.17, 15) is 31.7 Å². The van der Waals surface area contributed by atoms with Gasteiger partial charge in [0.2, 0.25) is 10.0 Å². The molecule has 0 N–H and O–H groups in total. The first-order chi connectivity index (χ1) is 13.9. The molecule has 0 saturated carbocycles. The minimum absolute atomic E-state index is 0.0345. The number of nitro groups is 1. The van der Waals surface area contributed by atoms with Crippen LogP contribution in [0.4, 0.5) is 24.5 Å². The van der Waals surface area contributed by atoms with Crippen molar-refractivity contribution in [3.05, 3.63) is 63.7 Å². The zero-order chi connectivity index (χ0) is 22.3. The maximum absolute atomic E-state index is 13.0. The summed E-state index contributed by atoms with van der Waals surface area (Å²) in [5.74, 6) is 0. The molecule has 0 amide bonds. The summed E-state index contributed by atoms with van der Waals surface area (Å²) in [4.78, 5) is 12.2. The molecule has 1 fully saturated rings. The number of sulfonamides is 1. The van der Waals surface area contributed by atoms with Crippen LogP contribution in [-0.4, -0.2) is 43.3 Å². The number of nitrogens with zero attached hydrogens (tertiary/aromatic N) is 3. The highest BCUT2D eigenvalue weighted by Gasteiger charge is 2.37. The average Bonchev–Trinajstić information content (AvgIpc) is 2.66. The summed E-state index contributed by atoms with van der Waals surface area (Å²) in [6.07, 6.45) is -4.70. The molecule has 162 valence electrons. The van der Waals surface area contributed by atoms with E-state index in [1.54, 1.807) is 24.0 Å². The minimum atomic E-state index is -4.70. The van der Waals surface area contributed by atoms with Gasteiger partial charge in [-0.1, -0.05) is 17.7 Å². The molecule has 30 heavy (non-hydrogen) atoms. The van der Waals surface area contributed by atoms with Crippen LogP contribution < -0.4 is 4.90 Å². The smallest absolute Gasteiger partial charge is 0.363 e. The van der Waals surface area contributed by atoms with Crippen molar-refractivity contribution in [3.63, 3.8) is 0 Å². The Hall–Kier alpha value is -2.66. The van der Waals surface area contributed by atoms with Gasteiger partial charge in [-0.05, 0) is 38.1 Å². The molecule has 1 heterocycles. The molecule has 3 rings (SSSR count). The molecule has 2 aromatic carbocycles. The first-order valence-electron chi connectivity index (χ1n) is 9.10. The molecule has 0 unspecified atom stereocenters.